The van der Waals surface area contributed by atoms with Crippen LogP contribution in [0.3, 0.4) is 0 Å². The fourth-order valence-electron chi connectivity index (χ4n) is 3.44. The van der Waals surface area contributed by atoms with Crippen LogP contribution in [0.4, 0.5) is 0 Å². The molecule has 0 amide bonds. The molecule has 0 aliphatic carbocycles. The molecule has 0 aliphatic rings. The van der Waals surface area contributed by atoms with Crippen molar-refractivity contribution in [3.05, 3.63) is 94.5 Å². The van der Waals surface area contributed by atoms with E-state index < -0.39 is 0 Å². The van der Waals surface area contributed by atoms with Crippen molar-refractivity contribution in [1.82, 2.24) is 25.0 Å². The molecule has 0 saturated carbocycles. The third kappa shape index (κ3) is 3.51. The minimum absolute atomic E-state index is 0.199. The van der Waals surface area contributed by atoms with Crippen LogP contribution in [0.1, 0.15) is 11.3 Å². The van der Waals surface area contributed by atoms with Gasteiger partial charge in [0.15, 0.2) is 5.82 Å². The lowest BCUT2D eigenvalue weighted by Gasteiger charge is -2.01. The maximum absolute atomic E-state index is 13.1. The quantitative estimate of drug-likeness (QED) is 0.444. The monoisotopic (exact) mass is 436 g/mol. The Balaban J connectivity index is 1.45. The molecule has 0 aliphatic heterocycles. The topological polar surface area (TPSA) is 100 Å². The van der Waals surface area contributed by atoms with Crippen LogP contribution in [0.15, 0.2) is 77.7 Å². The average molecular weight is 437 g/mol. The van der Waals surface area contributed by atoms with Gasteiger partial charge in [0.2, 0.25) is 0 Å². The minimum atomic E-state index is -0.199. The van der Waals surface area contributed by atoms with Crippen molar-refractivity contribution in [3.63, 3.8) is 0 Å². The van der Waals surface area contributed by atoms with E-state index in [1.807, 2.05) is 43.3 Å². The average Bonchev–Trinajstić information content (AvgIpc) is 3.45. The summed E-state index contributed by atoms with van der Waals surface area (Å²) < 4.78 is 1.42. The third-order valence-electron chi connectivity index (χ3n) is 5.04. The van der Waals surface area contributed by atoms with Gasteiger partial charge in [-0.05, 0) is 36.8 Å². The highest BCUT2D eigenvalue weighted by atomic mass is 32.1. The summed E-state index contributed by atoms with van der Waals surface area (Å²) in [7, 11) is 0. The van der Waals surface area contributed by atoms with Gasteiger partial charge in [-0.3, -0.25) is 9.89 Å². The predicted molar refractivity (Wildman–Crippen MR) is 123 cm³/mol. The van der Waals surface area contributed by atoms with E-state index in [1.165, 1.54) is 16.0 Å². The zero-order chi connectivity index (χ0) is 22.1. The summed E-state index contributed by atoms with van der Waals surface area (Å²) in [5, 5.41) is 22.2. The SMILES string of the molecule is Cc1[nH]n(-c2ccc(-c3nnc(-c4ccccc4)s3)cn2)c(=O)c1-c1ccc(C#N)cc1. The first-order chi connectivity index (χ1) is 15.6. The minimum Gasteiger partial charge on any atom is -0.293 e. The maximum atomic E-state index is 13.1. The molecule has 8 heteroatoms. The molecule has 3 aromatic heterocycles. The summed E-state index contributed by atoms with van der Waals surface area (Å²) >= 11 is 1.49. The Morgan fingerprint density at radius 2 is 1.59 bits per heavy atom. The van der Waals surface area contributed by atoms with Crippen molar-refractivity contribution in [2.75, 3.05) is 0 Å². The van der Waals surface area contributed by atoms with Gasteiger partial charge in [0.05, 0.1) is 17.2 Å². The van der Waals surface area contributed by atoms with Crippen molar-refractivity contribution in [2.45, 2.75) is 6.92 Å². The molecule has 0 saturated heterocycles. The van der Waals surface area contributed by atoms with Crippen LogP contribution in [0.5, 0.6) is 0 Å². The second kappa shape index (κ2) is 8.06. The van der Waals surface area contributed by atoms with Gasteiger partial charge in [-0.2, -0.15) is 5.26 Å². The molecular formula is C24H16N6OS. The van der Waals surface area contributed by atoms with Gasteiger partial charge in [-0.1, -0.05) is 53.8 Å². The molecule has 5 aromatic rings. The molecule has 32 heavy (non-hydrogen) atoms. The second-order valence-corrected chi connectivity index (χ2v) is 8.10. The summed E-state index contributed by atoms with van der Waals surface area (Å²) in [6, 6.07) is 22.6. The number of aryl methyl sites for hydroxylation is 1. The Labute approximate surface area is 187 Å². The van der Waals surface area contributed by atoms with Crippen LogP contribution in [0.2, 0.25) is 0 Å². The summed E-state index contributed by atoms with van der Waals surface area (Å²) in [6.45, 7) is 1.84. The van der Waals surface area contributed by atoms with Crippen LogP contribution in [0.25, 0.3) is 38.1 Å². The third-order valence-corrected chi connectivity index (χ3v) is 6.07. The Morgan fingerprint density at radius 1 is 0.906 bits per heavy atom. The van der Waals surface area contributed by atoms with Gasteiger partial charge in [0, 0.05) is 23.0 Å². The van der Waals surface area contributed by atoms with Crippen LogP contribution >= 0.6 is 11.3 Å². The van der Waals surface area contributed by atoms with E-state index in [0.29, 0.717) is 16.9 Å². The zero-order valence-corrected chi connectivity index (χ0v) is 17.8. The van der Waals surface area contributed by atoms with Gasteiger partial charge in [-0.15, -0.1) is 10.2 Å². The lowest BCUT2D eigenvalue weighted by Crippen LogP contribution is -2.16. The Morgan fingerprint density at radius 3 is 2.25 bits per heavy atom. The molecule has 5 rings (SSSR count). The van der Waals surface area contributed by atoms with E-state index in [2.05, 4.69) is 26.3 Å². The number of hydrogen-bond donors (Lipinski definition) is 1. The highest BCUT2D eigenvalue weighted by Gasteiger charge is 2.16. The first kappa shape index (κ1) is 19.6. The highest BCUT2D eigenvalue weighted by molar-refractivity contribution is 7.17. The van der Waals surface area contributed by atoms with Crippen molar-refractivity contribution >= 4 is 11.3 Å². The van der Waals surface area contributed by atoms with E-state index in [9.17, 15) is 4.79 Å². The largest absolute Gasteiger partial charge is 0.293 e. The number of hydrogen-bond acceptors (Lipinski definition) is 6. The van der Waals surface area contributed by atoms with E-state index >= 15 is 0 Å². The fourth-order valence-corrected chi connectivity index (χ4v) is 4.28. The van der Waals surface area contributed by atoms with Crippen LogP contribution in [-0.2, 0) is 0 Å². The van der Waals surface area contributed by atoms with Crippen LogP contribution in [-0.4, -0.2) is 25.0 Å². The molecule has 1 N–H and O–H groups in total. The normalized spacial score (nSPS) is 10.8. The van der Waals surface area contributed by atoms with Crippen molar-refractivity contribution in [1.29, 1.82) is 5.26 Å². The first-order valence-corrected chi connectivity index (χ1v) is 10.6. The van der Waals surface area contributed by atoms with Gasteiger partial charge in [-0.25, -0.2) is 9.67 Å². The number of H-pyrrole nitrogens is 1. The molecule has 0 fully saturated rings. The lowest BCUT2D eigenvalue weighted by atomic mass is 10.1. The number of benzene rings is 2. The molecule has 0 bridgehead atoms. The maximum Gasteiger partial charge on any atom is 0.280 e. The van der Waals surface area contributed by atoms with Crippen LogP contribution in [0, 0.1) is 18.3 Å². The standard InChI is InChI=1S/C24H16N6OS/c1-15-21(17-9-7-16(13-25)8-10-17)24(31)30(29-15)20-12-11-19(14-26-20)23-28-27-22(32-23)18-5-3-2-4-6-18/h2-12,14,29H,1H3. The smallest absolute Gasteiger partial charge is 0.280 e. The van der Waals surface area contributed by atoms with E-state index in [4.69, 9.17) is 5.26 Å². The number of nitriles is 1. The van der Waals surface area contributed by atoms with Gasteiger partial charge in [0.1, 0.15) is 10.0 Å². The second-order valence-electron chi connectivity index (χ2n) is 7.12. The van der Waals surface area contributed by atoms with Crippen molar-refractivity contribution in [2.24, 2.45) is 0 Å². The van der Waals surface area contributed by atoms with Gasteiger partial charge >= 0.3 is 0 Å². The first-order valence-electron chi connectivity index (χ1n) is 9.82. The molecule has 0 radical (unpaired) electrons. The van der Waals surface area contributed by atoms with Gasteiger partial charge < -0.3 is 0 Å². The number of nitrogens with zero attached hydrogens (tertiary/aromatic N) is 5. The number of aromatic amines is 1. The van der Waals surface area contributed by atoms with Gasteiger partial charge in [0.25, 0.3) is 5.56 Å². The molecule has 7 nitrogen and oxygen atoms in total. The lowest BCUT2D eigenvalue weighted by molar-refractivity contribution is 0.807. The number of pyridine rings is 1. The van der Waals surface area contributed by atoms with E-state index in [-0.39, 0.29) is 5.56 Å². The predicted octanol–water partition coefficient (Wildman–Crippen LogP) is 4.59. The molecule has 0 atom stereocenters. The molecule has 2 aromatic carbocycles. The highest BCUT2D eigenvalue weighted by Crippen LogP contribution is 2.29. The van der Waals surface area contributed by atoms with Crippen LogP contribution < -0.4 is 5.56 Å². The van der Waals surface area contributed by atoms with E-state index in [0.717, 1.165) is 32.4 Å². The summed E-state index contributed by atoms with van der Waals surface area (Å²) in [6.07, 6.45) is 1.69. The zero-order valence-electron chi connectivity index (χ0n) is 17.0. The summed E-state index contributed by atoms with van der Waals surface area (Å²) in [5.41, 5.74) is 4.22. The number of nitrogens with one attached hydrogen (secondary N) is 1. The van der Waals surface area contributed by atoms with Crippen molar-refractivity contribution < 1.29 is 0 Å². The van der Waals surface area contributed by atoms with Crippen molar-refractivity contribution in [3.8, 4) is 44.2 Å². The summed E-state index contributed by atoms with van der Waals surface area (Å²) in [5.74, 6) is 0.481. The Hall–Kier alpha value is -4.35. The van der Waals surface area contributed by atoms with E-state index in [1.54, 1.807) is 36.5 Å². The summed E-state index contributed by atoms with van der Waals surface area (Å²) in [4.78, 5) is 17.5. The molecule has 154 valence electrons. The number of rotatable bonds is 4. The fraction of sp³-hybridized carbons (Fsp3) is 0.0417. The Bertz CT molecular complexity index is 1490. The molecule has 0 spiro atoms. The number of aromatic nitrogens is 5. The molecule has 0 unspecified atom stereocenters. The molecular weight excluding hydrogens is 420 g/mol. The Kier molecular flexibility index (Phi) is 4.94. The molecule has 3 heterocycles.